The summed E-state index contributed by atoms with van der Waals surface area (Å²) in [6, 6.07) is 11.8. The maximum atomic E-state index is 12.7. The molecule has 3 aliphatic rings. The number of rotatable bonds is 5. The van der Waals surface area contributed by atoms with Gasteiger partial charge in [-0.2, -0.15) is 0 Å². The molecule has 2 heterocycles. The van der Waals surface area contributed by atoms with Gasteiger partial charge in [-0.25, -0.2) is 0 Å². The Kier molecular flexibility index (Phi) is 5.56. The minimum absolute atomic E-state index is 0.157. The summed E-state index contributed by atoms with van der Waals surface area (Å²) in [6.45, 7) is 1.12. The first-order valence-corrected chi connectivity index (χ1v) is 11.7. The molecule has 1 saturated carbocycles. The van der Waals surface area contributed by atoms with Crippen LogP contribution < -0.4 is 20.3 Å². The molecule has 3 amide bonds. The SMILES string of the molecule is COc1ccc(C2(CNC(=O)C(=O)Nc3cc4c5c(c3)CCN5C(=O)CC4)CCCC2)cc1. The Labute approximate surface area is 193 Å². The molecule has 0 aromatic heterocycles. The van der Waals surface area contributed by atoms with Crippen molar-refractivity contribution in [2.45, 2.75) is 50.4 Å². The maximum absolute atomic E-state index is 12.7. The lowest BCUT2D eigenvalue weighted by atomic mass is 9.78. The summed E-state index contributed by atoms with van der Waals surface area (Å²) in [6.07, 6.45) is 6.08. The van der Waals surface area contributed by atoms with Crippen LogP contribution in [0.2, 0.25) is 0 Å². The molecule has 172 valence electrons. The summed E-state index contributed by atoms with van der Waals surface area (Å²) in [5, 5.41) is 5.65. The maximum Gasteiger partial charge on any atom is 0.313 e. The van der Waals surface area contributed by atoms with Crippen LogP contribution in [0.4, 0.5) is 11.4 Å². The second kappa shape index (κ2) is 8.54. The summed E-state index contributed by atoms with van der Waals surface area (Å²) >= 11 is 0. The second-order valence-corrected chi connectivity index (χ2v) is 9.29. The largest absolute Gasteiger partial charge is 0.497 e. The number of nitrogens with one attached hydrogen (secondary N) is 2. The van der Waals surface area contributed by atoms with Gasteiger partial charge in [-0.05, 0) is 66.6 Å². The summed E-state index contributed by atoms with van der Waals surface area (Å²) < 4.78 is 5.27. The number of benzene rings is 2. The number of carbonyl (C=O) groups is 3. The van der Waals surface area contributed by atoms with Gasteiger partial charge in [-0.15, -0.1) is 0 Å². The van der Waals surface area contributed by atoms with Gasteiger partial charge in [0.2, 0.25) is 5.91 Å². The van der Waals surface area contributed by atoms with Gasteiger partial charge in [0, 0.05) is 30.6 Å². The fraction of sp³-hybridized carbons (Fsp3) is 0.423. The van der Waals surface area contributed by atoms with Crippen LogP contribution in [-0.4, -0.2) is 37.9 Å². The van der Waals surface area contributed by atoms with E-state index in [2.05, 4.69) is 22.8 Å². The monoisotopic (exact) mass is 447 g/mol. The van der Waals surface area contributed by atoms with Crippen LogP contribution in [0.1, 0.15) is 48.8 Å². The molecular weight excluding hydrogens is 418 g/mol. The van der Waals surface area contributed by atoms with E-state index in [0.717, 1.165) is 54.7 Å². The Morgan fingerprint density at radius 3 is 2.39 bits per heavy atom. The zero-order valence-electron chi connectivity index (χ0n) is 18.9. The molecule has 33 heavy (non-hydrogen) atoms. The van der Waals surface area contributed by atoms with Crippen molar-refractivity contribution in [2.24, 2.45) is 0 Å². The number of hydrogen-bond donors (Lipinski definition) is 2. The predicted octanol–water partition coefficient (Wildman–Crippen LogP) is 3.10. The average Bonchev–Trinajstić information content (AvgIpc) is 3.49. The van der Waals surface area contributed by atoms with E-state index in [1.54, 1.807) is 7.11 Å². The lowest BCUT2D eigenvalue weighted by Gasteiger charge is -2.30. The van der Waals surface area contributed by atoms with Crippen molar-refractivity contribution in [3.63, 3.8) is 0 Å². The fourth-order valence-electron chi connectivity index (χ4n) is 5.61. The number of aryl methyl sites for hydroxylation is 1. The van der Waals surface area contributed by atoms with Crippen LogP contribution in [-0.2, 0) is 32.6 Å². The molecule has 0 spiro atoms. The average molecular weight is 448 g/mol. The first-order chi connectivity index (χ1) is 16.0. The summed E-state index contributed by atoms with van der Waals surface area (Å²) in [5.41, 5.74) is 4.74. The third-order valence-electron chi connectivity index (χ3n) is 7.37. The van der Waals surface area contributed by atoms with Crippen LogP contribution in [0, 0.1) is 0 Å². The number of amides is 3. The highest BCUT2D eigenvalue weighted by Gasteiger charge is 2.36. The third kappa shape index (κ3) is 3.96. The third-order valence-corrected chi connectivity index (χ3v) is 7.37. The minimum atomic E-state index is -0.660. The van der Waals surface area contributed by atoms with Gasteiger partial charge in [0.1, 0.15) is 5.75 Å². The van der Waals surface area contributed by atoms with Crippen molar-refractivity contribution in [1.29, 1.82) is 0 Å². The number of anilines is 2. The molecule has 2 N–H and O–H groups in total. The molecule has 0 radical (unpaired) electrons. The van der Waals surface area contributed by atoms with E-state index in [0.29, 0.717) is 31.6 Å². The van der Waals surface area contributed by atoms with Gasteiger partial charge in [0.15, 0.2) is 0 Å². The number of carbonyl (C=O) groups excluding carboxylic acids is 3. The molecule has 7 nitrogen and oxygen atoms in total. The Bertz CT molecular complexity index is 1100. The summed E-state index contributed by atoms with van der Waals surface area (Å²) in [4.78, 5) is 39.3. The Hall–Kier alpha value is -3.35. The van der Waals surface area contributed by atoms with Crippen molar-refractivity contribution in [2.75, 3.05) is 30.4 Å². The number of nitrogens with zero attached hydrogens (tertiary/aromatic N) is 1. The molecule has 1 aliphatic carbocycles. The highest BCUT2D eigenvalue weighted by atomic mass is 16.5. The van der Waals surface area contributed by atoms with Crippen LogP contribution in [0.15, 0.2) is 36.4 Å². The lowest BCUT2D eigenvalue weighted by Crippen LogP contribution is -2.43. The molecule has 2 aromatic rings. The molecule has 1 fully saturated rings. The van der Waals surface area contributed by atoms with Crippen molar-refractivity contribution < 1.29 is 19.1 Å². The fourth-order valence-corrected chi connectivity index (χ4v) is 5.61. The molecule has 0 saturated heterocycles. The van der Waals surface area contributed by atoms with Gasteiger partial charge in [0.25, 0.3) is 0 Å². The van der Waals surface area contributed by atoms with E-state index in [1.165, 1.54) is 5.56 Å². The topological polar surface area (TPSA) is 87.7 Å². The van der Waals surface area contributed by atoms with Crippen LogP contribution in [0.3, 0.4) is 0 Å². The van der Waals surface area contributed by atoms with E-state index in [4.69, 9.17) is 4.74 Å². The highest BCUT2D eigenvalue weighted by molar-refractivity contribution is 6.39. The van der Waals surface area contributed by atoms with E-state index in [1.807, 2.05) is 29.2 Å². The first kappa shape index (κ1) is 21.5. The van der Waals surface area contributed by atoms with Crippen molar-refractivity contribution in [1.82, 2.24) is 5.32 Å². The van der Waals surface area contributed by atoms with Gasteiger partial charge < -0.3 is 20.3 Å². The van der Waals surface area contributed by atoms with Crippen molar-refractivity contribution >= 4 is 29.1 Å². The smallest absolute Gasteiger partial charge is 0.313 e. The number of methoxy groups -OCH3 is 1. The molecule has 2 aliphatic heterocycles. The van der Waals surface area contributed by atoms with Crippen molar-refractivity contribution in [3.8, 4) is 5.75 Å². The predicted molar refractivity (Wildman–Crippen MR) is 126 cm³/mol. The molecule has 5 rings (SSSR count). The van der Waals surface area contributed by atoms with E-state index in [9.17, 15) is 14.4 Å². The minimum Gasteiger partial charge on any atom is -0.497 e. The van der Waals surface area contributed by atoms with Crippen molar-refractivity contribution in [3.05, 3.63) is 53.1 Å². The first-order valence-electron chi connectivity index (χ1n) is 11.7. The standard InChI is InChI=1S/C26H29N3O4/c1-33-21-7-5-19(6-8-21)26(11-2-3-12-26)16-27-24(31)25(32)28-20-14-17-4-9-22(30)29-13-10-18(15-20)23(17)29/h5-8,14-15H,2-4,9-13,16H2,1H3,(H,27,31)(H,28,32). The highest BCUT2D eigenvalue weighted by Crippen LogP contribution is 2.41. The van der Waals surface area contributed by atoms with Gasteiger partial charge in [-0.1, -0.05) is 25.0 Å². The lowest BCUT2D eigenvalue weighted by molar-refractivity contribution is -0.136. The Morgan fingerprint density at radius 2 is 1.70 bits per heavy atom. The molecule has 0 bridgehead atoms. The summed E-state index contributed by atoms with van der Waals surface area (Å²) in [5.74, 6) is -0.321. The number of ether oxygens (including phenoxy) is 1. The van der Waals surface area contributed by atoms with E-state index in [-0.39, 0.29) is 11.3 Å². The normalized spacial score (nSPS) is 18.1. The van der Waals surface area contributed by atoms with Gasteiger partial charge >= 0.3 is 11.8 Å². The van der Waals surface area contributed by atoms with Gasteiger partial charge in [0.05, 0.1) is 12.8 Å². The van der Waals surface area contributed by atoms with Crippen LogP contribution >= 0.6 is 0 Å². The molecule has 0 atom stereocenters. The van der Waals surface area contributed by atoms with E-state index >= 15 is 0 Å². The van der Waals surface area contributed by atoms with Gasteiger partial charge in [-0.3, -0.25) is 14.4 Å². The zero-order chi connectivity index (χ0) is 23.0. The Morgan fingerprint density at radius 1 is 1.00 bits per heavy atom. The zero-order valence-corrected chi connectivity index (χ0v) is 18.9. The molecular formula is C26H29N3O4. The van der Waals surface area contributed by atoms with Crippen LogP contribution in [0.5, 0.6) is 5.75 Å². The van der Waals surface area contributed by atoms with E-state index < -0.39 is 11.8 Å². The summed E-state index contributed by atoms with van der Waals surface area (Å²) in [7, 11) is 1.64. The Balaban J connectivity index is 1.26. The quantitative estimate of drug-likeness (QED) is 0.690. The van der Waals surface area contributed by atoms with Crippen LogP contribution in [0.25, 0.3) is 0 Å². The second-order valence-electron chi connectivity index (χ2n) is 9.29. The number of hydrogen-bond acceptors (Lipinski definition) is 4. The molecule has 0 unspecified atom stereocenters. The molecule has 7 heteroatoms. The molecule has 2 aromatic carbocycles.